The molecule has 6 heteroatoms. The summed E-state index contributed by atoms with van der Waals surface area (Å²) >= 11 is 2.84. The van der Waals surface area contributed by atoms with Gasteiger partial charge in [-0.05, 0) is 12.1 Å². The van der Waals surface area contributed by atoms with Crippen LogP contribution < -0.4 is 4.74 Å². The van der Waals surface area contributed by atoms with Crippen LogP contribution in [0.3, 0.4) is 0 Å². The highest BCUT2D eigenvalue weighted by atomic mass is 79.9. The molecule has 1 aromatic rings. The zero-order valence-electron chi connectivity index (χ0n) is 6.74. The molecule has 0 atom stereocenters. The molecular weight excluding hydrogens is 268 g/mol. The van der Waals surface area contributed by atoms with Crippen molar-refractivity contribution in [3.63, 3.8) is 0 Å². The van der Waals surface area contributed by atoms with Crippen molar-refractivity contribution in [2.45, 2.75) is 6.43 Å². The molecule has 0 fully saturated rings. The van der Waals surface area contributed by atoms with Crippen molar-refractivity contribution in [1.29, 1.82) is 0 Å². The van der Waals surface area contributed by atoms with E-state index in [0.717, 1.165) is 12.1 Å². The number of hydrogen-bond acceptors (Lipinski definition) is 1. The third-order valence-electron chi connectivity index (χ3n) is 1.32. The molecule has 0 spiro atoms. The van der Waals surface area contributed by atoms with Crippen LogP contribution in [0.2, 0.25) is 0 Å². The number of alkyl halides is 2. The smallest absolute Gasteiger partial charge is 0.272 e. The van der Waals surface area contributed by atoms with Crippen molar-refractivity contribution >= 4 is 15.9 Å². The van der Waals surface area contributed by atoms with Gasteiger partial charge in [-0.15, -0.1) is 0 Å². The van der Waals surface area contributed by atoms with E-state index in [1.165, 1.54) is 0 Å². The lowest BCUT2D eigenvalue weighted by Gasteiger charge is -2.07. The molecule has 0 bridgehead atoms. The molecule has 0 amide bonds. The summed E-state index contributed by atoms with van der Waals surface area (Å²) in [4.78, 5) is 0. The molecule has 0 aliphatic heterocycles. The fourth-order valence-electron chi connectivity index (χ4n) is 0.813. The molecule has 0 aliphatic rings. The lowest BCUT2D eigenvalue weighted by Crippen LogP contribution is -2.09. The van der Waals surface area contributed by atoms with Crippen LogP contribution in [-0.2, 0) is 0 Å². The van der Waals surface area contributed by atoms with E-state index in [1.54, 1.807) is 0 Å². The number of hydrogen-bond donors (Lipinski definition) is 0. The molecule has 0 aromatic heterocycles. The number of halogens is 5. The summed E-state index contributed by atoms with van der Waals surface area (Å²) < 4.78 is 53.7. The molecule has 0 saturated carbocycles. The third kappa shape index (κ3) is 2.87. The van der Waals surface area contributed by atoms with Gasteiger partial charge >= 0.3 is 0 Å². The van der Waals surface area contributed by atoms with E-state index in [2.05, 4.69) is 20.7 Å². The lowest BCUT2D eigenvalue weighted by atomic mass is 10.3. The van der Waals surface area contributed by atoms with Gasteiger partial charge in [0.05, 0.1) is 0 Å². The Bertz CT molecular complexity index is 306. The predicted molar refractivity (Wildman–Crippen MR) is 45.6 cm³/mol. The zero-order valence-corrected chi connectivity index (χ0v) is 8.32. The number of benzene rings is 1. The van der Waals surface area contributed by atoms with E-state index in [9.17, 15) is 17.6 Å². The van der Waals surface area contributed by atoms with Crippen molar-refractivity contribution in [2.24, 2.45) is 0 Å². The molecule has 0 unspecified atom stereocenters. The molecule has 1 aromatic carbocycles. The highest BCUT2D eigenvalue weighted by Crippen LogP contribution is 2.26. The summed E-state index contributed by atoms with van der Waals surface area (Å²) in [5.74, 6) is -2.82. The first-order chi connectivity index (χ1) is 6.50. The van der Waals surface area contributed by atoms with Crippen molar-refractivity contribution in [3.05, 3.63) is 28.2 Å². The Labute approximate surface area is 85.8 Å². The normalized spacial score (nSPS) is 10.7. The summed E-state index contributed by atoms with van der Waals surface area (Å²) in [6.45, 7) is -1.03. The van der Waals surface area contributed by atoms with Crippen molar-refractivity contribution in [2.75, 3.05) is 6.61 Å². The maximum atomic E-state index is 12.9. The maximum Gasteiger partial charge on any atom is 0.272 e. The molecule has 14 heavy (non-hydrogen) atoms. The Kier molecular flexibility index (Phi) is 3.74. The summed E-state index contributed by atoms with van der Waals surface area (Å²) in [6.07, 6.45) is -2.77. The minimum absolute atomic E-state index is 0.178. The first kappa shape index (κ1) is 11.3. The van der Waals surface area contributed by atoms with Crippen LogP contribution in [0.5, 0.6) is 5.75 Å². The quantitative estimate of drug-likeness (QED) is 0.767. The van der Waals surface area contributed by atoms with Gasteiger partial charge in [-0.1, -0.05) is 15.9 Å². The third-order valence-corrected chi connectivity index (χ3v) is 1.77. The van der Waals surface area contributed by atoms with E-state index >= 15 is 0 Å². The second-order valence-electron chi connectivity index (χ2n) is 2.40. The van der Waals surface area contributed by atoms with Crippen molar-refractivity contribution < 1.29 is 22.3 Å². The minimum Gasteiger partial charge on any atom is -0.482 e. The Morgan fingerprint density at radius 1 is 1.21 bits per heavy atom. The Hall–Kier alpha value is -0.780. The van der Waals surface area contributed by atoms with Crippen LogP contribution in [0.25, 0.3) is 0 Å². The Balaban J connectivity index is 2.86. The molecule has 78 valence electrons. The van der Waals surface area contributed by atoms with E-state index < -0.39 is 30.4 Å². The van der Waals surface area contributed by atoms with Crippen LogP contribution in [0.1, 0.15) is 0 Å². The minimum atomic E-state index is -2.77. The average molecular weight is 273 g/mol. The Morgan fingerprint density at radius 3 is 2.14 bits per heavy atom. The highest BCUT2D eigenvalue weighted by molar-refractivity contribution is 9.10. The molecule has 0 saturated heterocycles. The van der Waals surface area contributed by atoms with Gasteiger partial charge in [-0.3, -0.25) is 0 Å². The van der Waals surface area contributed by atoms with Gasteiger partial charge in [0.25, 0.3) is 6.43 Å². The van der Waals surface area contributed by atoms with Crippen molar-refractivity contribution in [1.82, 2.24) is 0 Å². The summed E-state index contributed by atoms with van der Waals surface area (Å²) in [7, 11) is 0. The van der Waals surface area contributed by atoms with E-state index in [-0.39, 0.29) is 4.47 Å². The second-order valence-corrected chi connectivity index (χ2v) is 3.32. The second kappa shape index (κ2) is 4.63. The monoisotopic (exact) mass is 272 g/mol. The average Bonchev–Trinajstić information content (AvgIpc) is 2.01. The van der Waals surface area contributed by atoms with Gasteiger partial charge in [0.2, 0.25) is 0 Å². The molecule has 0 heterocycles. The highest BCUT2D eigenvalue weighted by Gasteiger charge is 2.13. The molecule has 1 rings (SSSR count). The summed E-state index contributed by atoms with van der Waals surface area (Å²) in [5.41, 5.74) is 0. The zero-order chi connectivity index (χ0) is 10.7. The fourth-order valence-corrected chi connectivity index (χ4v) is 1.22. The largest absolute Gasteiger partial charge is 0.482 e. The van der Waals surface area contributed by atoms with Gasteiger partial charge in [0.15, 0.2) is 17.4 Å². The summed E-state index contributed by atoms with van der Waals surface area (Å²) in [6, 6.07) is 1.87. The maximum absolute atomic E-state index is 12.9. The molecule has 0 aliphatic carbocycles. The van der Waals surface area contributed by atoms with Crippen LogP contribution in [-0.4, -0.2) is 13.0 Å². The fraction of sp³-hybridized carbons (Fsp3) is 0.250. The predicted octanol–water partition coefficient (Wildman–Crippen LogP) is 3.37. The molecule has 0 N–H and O–H groups in total. The van der Waals surface area contributed by atoms with Gasteiger partial charge in [0.1, 0.15) is 6.61 Å². The molecule has 1 nitrogen and oxygen atoms in total. The van der Waals surface area contributed by atoms with Crippen molar-refractivity contribution in [3.8, 4) is 5.75 Å². The van der Waals surface area contributed by atoms with Crippen LogP contribution in [0, 0.1) is 11.6 Å². The van der Waals surface area contributed by atoms with Gasteiger partial charge in [-0.25, -0.2) is 17.6 Å². The first-order valence-corrected chi connectivity index (χ1v) is 4.35. The van der Waals surface area contributed by atoms with Crippen LogP contribution in [0.15, 0.2) is 16.6 Å². The van der Waals surface area contributed by atoms with Gasteiger partial charge < -0.3 is 4.74 Å². The number of ether oxygens (including phenoxy) is 1. The van der Waals surface area contributed by atoms with E-state index in [0.29, 0.717) is 0 Å². The number of rotatable bonds is 3. The first-order valence-electron chi connectivity index (χ1n) is 3.56. The van der Waals surface area contributed by atoms with Gasteiger partial charge in [0, 0.05) is 4.47 Å². The summed E-state index contributed by atoms with van der Waals surface area (Å²) in [5, 5.41) is 0. The topological polar surface area (TPSA) is 9.23 Å². The SMILES string of the molecule is Fc1cc(Br)cc(F)c1OCC(F)F. The van der Waals surface area contributed by atoms with E-state index in [1.807, 2.05) is 0 Å². The Morgan fingerprint density at radius 2 is 1.71 bits per heavy atom. The lowest BCUT2D eigenvalue weighted by molar-refractivity contribution is 0.0777. The molecule has 0 radical (unpaired) electrons. The van der Waals surface area contributed by atoms with Gasteiger partial charge in [-0.2, -0.15) is 0 Å². The van der Waals surface area contributed by atoms with Crippen LogP contribution in [0.4, 0.5) is 17.6 Å². The standard InChI is InChI=1S/C8H5BrF4O/c9-4-1-5(10)8(6(11)2-4)14-3-7(12)13/h1-2,7H,3H2. The van der Waals surface area contributed by atoms with E-state index in [4.69, 9.17) is 0 Å². The van der Waals surface area contributed by atoms with Crippen LogP contribution >= 0.6 is 15.9 Å². The molecular formula is C8H5BrF4O.